The molecule has 4 rings (SSSR count). The van der Waals surface area contributed by atoms with Crippen LogP contribution in [0.4, 0.5) is 4.39 Å². The second kappa shape index (κ2) is 7.84. The van der Waals surface area contributed by atoms with Gasteiger partial charge in [-0.2, -0.15) is 0 Å². The number of Topliss-reactive ketones (excluding diaryl/α,β-unsaturated/α-hetero) is 1. The van der Waals surface area contributed by atoms with Gasteiger partial charge in [-0.1, -0.05) is 12.1 Å². The number of aromatic nitrogens is 2. The lowest BCUT2D eigenvalue weighted by Crippen LogP contribution is -2.04. The molecule has 0 aliphatic carbocycles. The van der Waals surface area contributed by atoms with Gasteiger partial charge in [0.15, 0.2) is 5.78 Å². The van der Waals surface area contributed by atoms with Gasteiger partial charge in [0.1, 0.15) is 11.5 Å². The lowest BCUT2D eigenvalue weighted by atomic mass is 10.0. The highest BCUT2D eigenvalue weighted by atomic mass is 32.2. The van der Waals surface area contributed by atoms with Crippen molar-refractivity contribution >= 4 is 21.3 Å². The average Bonchev–Trinajstić information content (AvgIpc) is 3.22. The van der Waals surface area contributed by atoms with Crippen LogP contribution in [0, 0.1) is 12.7 Å². The molecule has 0 spiro atoms. The summed E-state index contributed by atoms with van der Waals surface area (Å²) >= 11 is 0. The highest BCUT2D eigenvalue weighted by Gasteiger charge is 2.18. The molecule has 0 radical (unpaired) electrons. The topological polar surface area (TPSA) is 68.5 Å². The average molecular weight is 422 g/mol. The van der Waals surface area contributed by atoms with Crippen LogP contribution in [0.3, 0.4) is 0 Å². The van der Waals surface area contributed by atoms with Crippen molar-refractivity contribution in [2.75, 3.05) is 0 Å². The predicted octanol–water partition coefficient (Wildman–Crippen LogP) is 4.43. The van der Waals surface area contributed by atoms with E-state index in [1.165, 1.54) is 31.2 Å². The summed E-state index contributed by atoms with van der Waals surface area (Å²) < 4.78 is 40.8. The number of halogens is 1. The number of ketones is 1. The van der Waals surface area contributed by atoms with E-state index in [-0.39, 0.29) is 21.1 Å². The molecule has 7 heteroatoms. The maximum Gasteiger partial charge on any atom is 0.206 e. The predicted molar refractivity (Wildman–Crippen MR) is 111 cm³/mol. The number of rotatable bonds is 6. The minimum absolute atomic E-state index is 0.00378. The Morgan fingerprint density at radius 2 is 1.77 bits per heavy atom. The van der Waals surface area contributed by atoms with Crippen molar-refractivity contribution in [2.45, 2.75) is 29.6 Å². The van der Waals surface area contributed by atoms with E-state index in [0.29, 0.717) is 18.4 Å². The molecule has 30 heavy (non-hydrogen) atoms. The van der Waals surface area contributed by atoms with Crippen molar-refractivity contribution in [1.82, 2.24) is 9.38 Å². The van der Waals surface area contributed by atoms with E-state index in [2.05, 4.69) is 4.98 Å². The minimum atomic E-state index is -3.73. The minimum Gasteiger partial charge on any atom is -0.306 e. The number of carbonyl (C=O) groups excluding carboxylic acids is 1. The fourth-order valence-electron chi connectivity index (χ4n) is 3.24. The number of carbonyl (C=O) groups is 1. The van der Waals surface area contributed by atoms with Crippen molar-refractivity contribution in [3.05, 3.63) is 95.7 Å². The third-order valence-corrected chi connectivity index (χ3v) is 6.79. The van der Waals surface area contributed by atoms with Gasteiger partial charge in [0.05, 0.1) is 9.79 Å². The van der Waals surface area contributed by atoms with Crippen LogP contribution in [0.15, 0.2) is 83.0 Å². The maximum atomic E-state index is 13.4. The van der Waals surface area contributed by atoms with Crippen molar-refractivity contribution < 1.29 is 17.6 Å². The van der Waals surface area contributed by atoms with Crippen LogP contribution >= 0.6 is 0 Å². The van der Waals surface area contributed by atoms with Gasteiger partial charge in [0.25, 0.3) is 0 Å². The molecular formula is C23H19FN2O3S. The molecule has 0 aliphatic rings. The van der Waals surface area contributed by atoms with Gasteiger partial charge >= 0.3 is 0 Å². The van der Waals surface area contributed by atoms with E-state index < -0.39 is 15.7 Å². The number of imidazole rings is 1. The van der Waals surface area contributed by atoms with Crippen molar-refractivity contribution in [2.24, 2.45) is 0 Å². The van der Waals surface area contributed by atoms with Crippen molar-refractivity contribution in [3.63, 3.8) is 0 Å². The summed E-state index contributed by atoms with van der Waals surface area (Å²) in [7, 11) is -3.73. The summed E-state index contributed by atoms with van der Waals surface area (Å²) in [6, 6.07) is 13.7. The first-order valence-electron chi connectivity index (χ1n) is 9.41. The number of sulfone groups is 1. The van der Waals surface area contributed by atoms with Crippen LogP contribution in [0.2, 0.25) is 0 Å². The molecule has 0 N–H and O–H groups in total. The molecule has 0 aliphatic heterocycles. The van der Waals surface area contributed by atoms with Crippen LogP contribution in [-0.2, 0) is 16.3 Å². The zero-order chi connectivity index (χ0) is 21.3. The van der Waals surface area contributed by atoms with Gasteiger partial charge in [-0.05, 0) is 66.9 Å². The van der Waals surface area contributed by atoms with E-state index in [4.69, 9.17) is 0 Å². The Balaban J connectivity index is 1.46. The smallest absolute Gasteiger partial charge is 0.206 e. The maximum absolute atomic E-state index is 13.4. The van der Waals surface area contributed by atoms with Crippen LogP contribution in [-0.4, -0.2) is 23.6 Å². The molecule has 0 saturated heterocycles. The number of fused-ring (bicyclic) bond motifs is 1. The normalized spacial score (nSPS) is 11.7. The van der Waals surface area contributed by atoms with Gasteiger partial charge in [0, 0.05) is 30.6 Å². The monoisotopic (exact) mass is 422 g/mol. The number of aryl methyl sites for hydroxylation is 2. The van der Waals surface area contributed by atoms with Gasteiger partial charge in [-0.3, -0.25) is 4.79 Å². The number of benzene rings is 2. The van der Waals surface area contributed by atoms with Gasteiger partial charge in [0.2, 0.25) is 9.84 Å². The largest absolute Gasteiger partial charge is 0.306 e. The highest BCUT2D eigenvalue weighted by Crippen LogP contribution is 2.23. The fourth-order valence-corrected chi connectivity index (χ4v) is 4.59. The summed E-state index contributed by atoms with van der Waals surface area (Å²) in [6.45, 7) is 1.53. The number of pyridine rings is 1. The molecule has 5 nitrogen and oxygen atoms in total. The van der Waals surface area contributed by atoms with E-state index in [9.17, 15) is 17.6 Å². The van der Waals surface area contributed by atoms with Crippen molar-refractivity contribution in [3.8, 4) is 0 Å². The summed E-state index contributed by atoms with van der Waals surface area (Å²) in [5, 5.41) is 0. The van der Waals surface area contributed by atoms with E-state index in [1.807, 2.05) is 0 Å². The first-order valence-corrected chi connectivity index (χ1v) is 10.9. The molecule has 152 valence electrons. The van der Waals surface area contributed by atoms with Gasteiger partial charge < -0.3 is 4.40 Å². The third kappa shape index (κ3) is 3.89. The molecule has 0 fully saturated rings. The Morgan fingerprint density at radius 1 is 1.03 bits per heavy atom. The number of hydrogen-bond acceptors (Lipinski definition) is 4. The standard InChI is InChI=1S/C23H19FN2O3S/c1-16-14-20(8-9-21(16)24)30(28,29)19-6-2-17(3-7-19)4-10-22(27)18-5-11-23-25-12-13-26(23)15-18/h2-3,5-9,11-15H,4,10H2,1H3. The molecule has 0 saturated carbocycles. The van der Waals surface area contributed by atoms with E-state index in [0.717, 1.165) is 17.3 Å². The second-order valence-corrected chi connectivity index (χ2v) is 9.04. The zero-order valence-corrected chi connectivity index (χ0v) is 17.1. The Bertz CT molecular complexity index is 1340. The number of hydrogen-bond donors (Lipinski definition) is 0. The van der Waals surface area contributed by atoms with Crippen molar-refractivity contribution in [1.29, 1.82) is 0 Å². The lowest BCUT2D eigenvalue weighted by Gasteiger charge is -2.08. The Kier molecular flexibility index (Phi) is 5.22. The molecule has 2 heterocycles. The first kappa shape index (κ1) is 20.0. The van der Waals surface area contributed by atoms with Gasteiger partial charge in [-0.15, -0.1) is 0 Å². The molecule has 2 aromatic heterocycles. The molecule has 0 atom stereocenters. The Labute approximate surface area is 173 Å². The Morgan fingerprint density at radius 3 is 2.50 bits per heavy atom. The van der Waals surface area contributed by atoms with Crippen LogP contribution in [0.1, 0.15) is 27.9 Å². The highest BCUT2D eigenvalue weighted by molar-refractivity contribution is 7.91. The molecule has 0 bridgehead atoms. The Hall–Kier alpha value is -3.32. The van der Waals surface area contributed by atoms with Crippen LogP contribution in [0.25, 0.3) is 5.65 Å². The summed E-state index contributed by atoms with van der Waals surface area (Å²) in [6.07, 6.45) is 6.02. The van der Waals surface area contributed by atoms with E-state index in [1.54, 1.807) is 47.3 Å². The molecule has 0 amide bonds. The third-order valence-electron chi connectivity index (χ3n) is 5.02. The zero-order valence-electron chi connectivity index (χ0n) is 16.2. The molecule has 4 aromatic rings. The molecule has 0 unspecified atom stereocenters. The lowest BCUT2D eigenvalue weighted by molar-refractivity contribution is 0.0982. The molecular weight excluding hydrogens is 403 g/mol. The summed E-state index contributed by atoms with van der Waals surface area (Å²) in [5.41, 5.74) is 2.52. The van der Waals surface area contributed by atoms with Crippen LogP contribution < -0.4 is 0 Å². The van der Waals surface area contributed by atoms with E-state index >= 15 is 0 Å². The SMILES string of the molecule is Cc1cc(S(=O)(=O)c2ccc(CCC(=O)c3ccc4nccn4c3)cc2)ccc1F. The molecule has 2 aromatic carbocycles. The second-order valence-electron chi connectivity index (χ2n) is 7.09. The quantitative estimate of drug-likeness (QED) is 0.341. The fraction of sp³-hybridized carbons (Fsp3) is 0.130. The van der Waals surface area contributed by atoms with Gasteiger partial charge in [-0.25, -0.2) is 17.8 Å². The summed E-state index contributed by atoms with van der Waals surface area (Å²) in [4.78, 5) is 16.8. The number of nitrogens with zero attached hydrogens (tertiary/aromatic N) is 2. The van der Waals surface area contributed by atoms with Crippen LogP contribution in [0.5, 0.6) is 0 Å². The summed E-state index contributed by atoms with van der Waals surface area (Å²) in [5.74, 6) is -0.440. The first-order chi connectivity index (χ1) is 14.3.